The lowest BCUT2D eigenvalue weighted by molar-refractivity contribution is -0.141. The number of imide groups is 4. The standard InChI is InChI=1S/C16H11BrF2N4O7/c17-4-1-2-6(30-14(18)19)5(3-4)7(8-10(24)20-15(28)21-11(8)25)9-12(26)22-16(29)23-13(9)27/h1-3,7-9,14H,(H2,20,21,24,25,28)(H2,22,23,26,27,29). The van der Waals surface area contributed by atoms with E-state index in [9.17, 15) is 37.5 Å². The van der Waals surface area contributed by atoms with Gasteiger partial charge in [-0.2, -0.15) is 8.78 Å². The number of hydrogen-bond acceptors (Lipinski definition) is 7. The Hall–Kier alpha value is -3.42. The van der Waals surface area contributed by atoms with Crippen molar-refractivity contribution < 1.29 is 42.3 Å². The van der Waals surface area contributed by atoms with Gasteiger partial charge >= 0.3 is 18.7 Å². The van der Waals surface area contributed by atoms with Crippen molar-refractivity contribution in [2.24, 2.45) is 11.8 Å². The summed E-state index contributed by atoms with van der Waals surface area (Å²) in [5.41, 5.74) is -0.279. The lowest BCUT2D eigenvalue weighted by Gasteiger charge is -2.34. The molecule has 1 aromatic carbocycles. The molecule has 0 bridgehead atoms. The van der Waals surface area contributed by atoms with Crippen molar-refractivity contribution in [2.45, 2.75) is 12.5 Å². The Labute approximate surface area is 174 Å². The Kier molecular flexibility index (Phi) is 5.78. The van der Waals surface area contributed by atoms with Crippen molar-refractivity contribution in [1.29, 1.82) is 0 Å². The SMILES string of the molecule is O=C1NC(=O)C(C(c2cc(Br)ccc2OC(F)F)C2C(=O)NC(=O)NC2=O)C(=O)N1. The van der Waals surface area contributed by atoms with Gasteiger partial charge in [0.05, 0.1) is 0 Å². The molecule has 1 aromatic rings. The van der Waals surface area contributed by atoms with Crippen LogP contribution in [0.15, 0.2) is 22.7 Å². The zero-order valence-electron chi connectivity index (χ0n) is 14.5. The number of barbiturate groups is 2. The highest BCUT2D eigenvalue weighted by Gasteiger charge is 2.51. The van der Waals surface area contributed by atoms with Crippen LogP contribution in [0.1, 0.15) is 11.5 Å². The van der Waals surface area contributed by atoms with Gasteiger partial charge in [-0.3, -0.25) is 40.4 Å². The van der Waals surface area contributed by atoms with Gasteiger partial charge in [-0.05, 0) is 18.2 Å². The predicted octanol–water partition coefficient (Wildman–Crippen LogP) is 0.0985. The second kappa shape index (κ2) is 8.14. The summed E-state index contributed by atoms with van der Waals surface area (Å²) in [6, 6.07) is 1.30. The van der Waals surface area contributed by atoms with Crippen molar-refractivity contribution in [3.8, 4) is 5.75 Å². The van der Waals surface area contributed by atoms with Gasteiger partial charge < -0.3 is 4.74 Å². The van der Waals surface area contributed by atoms with Gasteiger partial charge in [-0.1, -0.05) is 15.9 Å². The molecule has 0 unspecified atom stereocenters. The molecule has 3 rings (SSSR count). The molecular weight excluding hydrogens is 478 g/mol. The quantitative estimate of drug-likeness (QED) is 0.427. The number of benzene rings is 1. The van der Waals surface area contributed by atoms with Crippen LogP contribution in [-0.4, -0.2) is 42.3 Å². The molecule has 2 saturated heterocycles. The molecular formula is C16H11BrF2N4O7. The van der Waals surface area contributed by atoms with Gasteiger partial charge in [-0.15, -0.1) is 0 Å². The molecule has 0 radical (unpaired) electrons. The van der Waals surface area contributed by atoms with Gasteiger partial charge in [-0.25, -0.2) is 9.59 Å². The van der Waals surface area contributed by atoms with Gasteiger partial charge in [0, 0.05) is 16.0 Å². The summed E-state index contributed by atoms with van der Waals surface area (Å²) in [5.74, 6) is -10.7. The molecule has 2 heterocycles. The van der Waals surface area contributed by atoms with E-state index in [1.807, 2.05) is 21.3 Å². The molecule has 30 heavy (non-hydrogen) atoms. The highest BCUT2D eigenvalue weighted by molar-refractivity contribution is 9.10. The summed E-state index contributed by atoms with van der Waals surface area (Å²) in [4.78, 5) is 72.6. The molecule has 0 atom stereocenters. The smallest absolute Gasteiger partial charge is 0.387 e. The minimum atomic E-state index is -3.31. The molecule has 2 fully saturated rings. The van der Waals surface area contributed by atoms with Crippen LogP contribution in [0.5, 0.6) is 5.75 Å². The van der Waals surface area contributed by atoms with E-state index < -0.39 is 65.8 Å². The number of amides is 8. The van der Waals surface area contributed by atoms with Crippen LogP contribution in [0.4, 0.5) is 18.4 Å². The maximum Gasteiger partial charge on any atom is 0.387 e. The van der Waals surface area contributed by atoms with Crippen molar-refractivity contribution in [2.75, 3.05) is 0 Å². The van der Waals surface area contributed by atoms with E-state index in [4.69, 9.17) is 0 Å². The van der Waals surface area contributed by atoms with E-state index in [1.54, 1.807) is 0 Å². The normalized spacial score (nSPS) is 18.3. The van der Waals surface area contributed by atoms with Gasteiger partial charge in [0.15, 0.2) is 0 Å². The van der Waals surface area contributed by atoms with E-state index in [-0.39, 0.29) is 10.0 Å². The summed E-state index contributed by atoms with van der Waals surface area (Å²) in [6.45, 7) is -3.31. The highest BCUT2D eigenvalue weighted by Crippen LogP contribution is 2.41. The average Bonchev–Trinajstić information content (AvgIpc) is 2.60. The number of hydrogen-bond donors (Lipinski definition) is 4. The van der Waals surface area contributed by atoms with Crippen LogP contribution in [-0.2, 0) is 19.2 Å². The fourth-order valence-corrected chi connectivity index (χ4v) is 3.63. The summed E-state index contributed by atoms with van der Waals surface area (Å²) in [7, 11) is 0. The summed E-state index contributed by atoms with van der Waals surface area (Å²) < 4.78 is 30.5. The van der Waals surface area contributed by atoms with Crippen LogP contribution in [0.2, 0.25) is 0 Å². The first-order chi connectivity index (χ1) is 14.1. The van der Waals surface area contributed by atoms with Crippen LogP contribution < -0.4 is 26.0 Å². The van der Waals surface area contributed by atoms with Crippen LogP contribution >= 0.6 is 15.9 Å². The first kappa shape index (κ1) is 21.3. The number of nitrogens with one attached hydrogen (secondary N) is 4. The molecule has 2 aliphatic heterocycles. The zero-order valence-corrected chi connectivity index (χ0v) is 16.1. The molecule has 158 valence electrons. The van der Waals surface area contributed by atoms with Crippen molar-refractivity contribution in [3.63, 3.8) is 0 Å². The first-order valence-electron chi connectivity index (χ1n) is 8.14. The molecule has 2 aliphatic rings. The molecule has 4 N–H and O–H groups in total. The van der Waals surface area contributed by atoms with Crippen molar-refractivity contribution in [3.05, 3.63) is 28.2 Å². The molecule has 0 aromatic heterocycles. The Morgan fingerprint density at radius 3 is 1.63 bits per heavy atom. The number of urea groups is 2. The lowest BCUT2D eigenvalue weighted by Crippen LogP contribution is -2.62. The number of rotatable bonds is 5. The number of carbonyl (C=O) groups is 6. The topological polar surface area (TPSA) is 160 Å². The molecule has 0 aliphatic carbocycles. The highest BCUT2D eigenvalue weighted by atomic mass is 79.9. The molecule has 0 saturated carbocycles. The Morgan fingerprint density at radius 2 is 1.23 bits per heavy atom. The molecule has 11 nitrogen and oxygen atoms in total. The zero-order chi connectivity index (χ0) is 22.2. The maximum atomic E-state index is 12.9. The fourth-order valence-electron chi connectivity index (χ4n) is 3.25. The van der Waals surface area contributed by atoms with Gasteiger partial charge in [0.1, 0.15) is 17.6 Å². The van der Waals surface area contributed by atoms with Crippen molar-refractivity contribution >= 4 is 51.6 Å². The largest absolute Gasteiger partial charge is 0.435 e. The second-order valence-corrected chi connectivity index (χ2v) is 7.07. The average molecular weight is 489 g/mol. The van der Waals surface area contributed by atoms with E-state index in [0.29, 0.717) is 0 Å². The second-order valence-electron chi connectivity index (χ2n) is 6.16. The van der Waals surface area contributed by atoms with E-state index in [0.717, 1.165) is 6.07 Å². The minimum Gasteiger partial charge on any atom is -0.435 e. The number of ether oxygens (including phenoxy) is 1. The lowest BCUT2D eigenvalue weighted by atomic mass is 9.73. The van der Waals surface area contributed by atoms with E-state index in [2.05, 4.69) is 20.7 Å². The van der Waals surface area contributed by atoms with Crippen LogP contribution in [0.25, 0.3) is 0 Å². The monoisotopic (exact) mass is 488 g/mol. The number of alkyl halides is 2. The Morgan fingerprint density at radius 1 is 0.800 bits per heavy atom. The molecule has 8 amide bonds. The molecule has 14 heteroatoms. The van der Waals surface area contributed by atoms with E-state index >= 15 is 0 Å². The Bertz CT molecular complexity index is 898. The molecule has 0 spiro atoms. The third-order valence-corrected chi connectivity index (χ3v) is 4.84. The number of halogens is 3. The summed E-state index contributed by atoms with van der Waals surface area (Å²) in [6.07, 6.45) is 0. The maximum absolute atomic E-state index is 12.9. The minimum absolute atomic E-state index is 0.279. The van der Waals surface area contributed by atoms with Crippen molar-refractivity contribution in [1.82, 2.24) is 21.3 Å². The van der Waals surface area contributed by atoms with Gasteiger partial charge in [0.25, 0.3) is 0 Å². The third kappa shape index (κ3) is 4.12. The fraction of sp³-hybridized carbons (Fsp3) is 0.250. The Balaban J connectivity index is 2.20. The van der Waals surface area contributed by atoms with Gasteiger partial charge in [0.2, 0.25) is 23.6 Å². The van der Waals surface area contributed by atoms with Crippen LogP contribution in [0.3, 0.4) is 0 Å². The first-order valence-corrected chi connectivity index (χ1v) is 8.93. The van der Waals surface area contributed by atoms with Crippen LogP contribution in [0, 0.1) is 11.8 Å². The third-order valence-electron chi connectivity index (χ3n) is 4.34. The van der Waals surface area contributed by atoms with E-state index in [1.165, 1.54) is 12.1 Å². The summed E-state index contributed by atoms with van der Waals surface area (Å²) in [5, 5.41) is 7.29. The summed E-state index contributed by atoms with van der Waals surface area (Å²) >= 11 is 3.10. The predicted molar refractivity (Wildman–Crippen MR) is 93.9 cm³/mol. The number of carbonyl (C=O) groups excluding carboxylic acids is 6.